The SMILES string of the molecule is COC(=O)C1=C(C)N(c2ccc(C(C)C)cc2)C(=O)/C1=C\c1ccc(OCC(=O)NC[C@@H]2CCCO2)cc1. The Kier molecular flexibility index (Phi) is 8.63. The normalized spacial score (nSPS) is 18.4. The van der Waals surface area contributed by atoms with Crippen LogP contribution in [0.5, 0.6) is 5.75 Å². The molecule has 2 amide bonds. The van der Waals surface area contributed by atoms with Gasteiger partial charge in [-0.1, -0.05) is 38.1 Å². The predicted octanol–water partition coefficient (Wildman–Crippen LogP) is 4.36. The average molecular weight is 519 g/mol. The van der Waals surface area contributed by atoms with Crippen LogP contribution in [0.2, 0.25) is 0 Å². The van der Waals surface area contributed by atoms with E-state index in [9.17, 15) is 14.4 Å². The zero-order chi connectivity index (χ0) is 27.2. The first-order chi connectivity index (χ1) is 18.3. The number of hydrogen-bond donors (Lipinski definition) is 1. The minimum atomic E-state index is -0.572. The highest BCUT2D eigenvalue weighted by molar-refractivity contribution is 6.23. The van der Waals surface area contributed by atoms with E-state index >= 15 is 0 Å². The van der Waals surface area contributed by atoms with Crippen LogP contribution in [0.25, 0.3) is 6.08 Å². The molecule has 0 spiro atoms. The third-order valence-electron chi connectivity index (χ3n) is 6.72. The van der Waals surface area contributed by atoms with Crippen LogP contribution >= 0.6 is 0 Å². The number of nitrogens with one attached hydrogen (secondary N) is 1. The van der Waals surface area contributed by atoms with Crippen molar-refractivity contribution in [3.05, 3.63) is 76.5 Å². The molecule has 0 aliphatic carbocycles. The van der Waals surface area contributed by atoms with Crippen molar-refractivity contribution in [3.63, 3.8) is 0 Å². The highest BCUT2D eigenvalue weighted by atomic mass is 16.5. The van der Waals surface area contributed by atoms with Crippen LogP contribution in [0, 0.1) is 0 Å². The van der Waals surface area contributed by atoms with Crippen molar-refractivity contribution in [3.8, 4) is 5.75 Å². The molecule has 2 aromatic carbocycles. The molecular formula is C30H34N2O6. The highest BCUT2D eigenvalue weighted by Crippen LogP contribution is 2.36. The number of amides is 2. The quantitative estimate of drug-likeness (QED) is 0.392. The molecule has 0 aromatic heterocycles. The van der Waals surface area contributed by atoms with E-state index in [1.165, 1.54) is 12.0 Å². The monoisotopic (exact) mass is 518 g/mol. The molecule has 38 heavy (non-hydrogen) atoms. The molecular weight excluding hydrogens is 484 g/mol. The second-order valence-corrected chi connectivity index (χ2v) is 9.69. The Morgan fingerprint density at radius 2 is 1.84 bits per heavy atom. The van der Waals surface area contributed by atoms with Gasteiger partial charge in [-0.2, -0.15) is 0 Å². The molecule has 1 atom stereocenters. The standard InChI is InChI=1S/C30H34N2O6/c1-19(2)22-9-11-23(12-10-22)32-20(3)28(30(35)36-4)26(29(32)34)16-21-7-13-24(14-8-21)38-18-27(33)31-17-25-6-5-15-37-25/h7-14,16,19,25H,5-6,15,17-18H2,1-4H3,(H,31,33)/b26-16-/t25-/m0/s1. The van der Waals surface area contributed by atoms with Gasteiger partial charge in [-0.15, -0.1) is 0 Å². The Labute approximate surface area is 223 Å². The number of hydrogen-bond acceptors (Lipinski definition) is 6. The summed E-state index contributed by atoms with van der Waals surface area (Å²) in [5.41, 5.74) is 3.55. The molecule has 1 saturated heterocycles. The van der Waals surface area contributed by atoms with E-state index in [0.29, 0.717) is 35.2 Å². The van der Waals surface area contributed by atoms with E-state index in [1.807, 2.05) is 24.3 Å². The molecule has 0 saturated carbocycles. The minimum absolute atomic E-state index is 0.0764. The zero-order valence-electron chi connectivity index (χ0n) is 22.3. The summed E-state index contributed by atoms with van der Waals surface area (Å²) in [6.45, 7) is 7.07. The number of nitrogens with zero attached hydrogens (tertiary/aromatic N) is 1. The van der Waals surface area contributed by atoms with Gasteiger partial charge in [0.25, 0.3) is 11.8 Å². The van der Waals surface area contributed by atoms with Gasteiger partial charge in [0.2, 0.25) is 0 Å². The number of carbonyl (C=O) groups excluding carboxylic acids is 3. The van der Waals surface area contributed by atoms with Crippen LogP contribution in [-0.4, -0.2) is 50.8 Å². The fourth-order valence-electron chi connectivity index (χ4n) is 4.56. The van der Waals surface area contributed by atoms with Gasteiger partial charge < -0.3 is 19.5 Å². The van der Waals surface area contributed by atoms with Crippen molar-refractivity contribution >= 4 is 29.5 Å². The predicted molar refractivity (Wildman–Crippen MR) is 145 cm³/mol. The Hall–Kier alpha value is -3.91. The molecule has 0 radical (unpaired) electrons. The lowest BCUT2D eigenvalue weighted by Crippen LogP contribution is -2.35. The number of allylic oxidation sites excluding steroid dienone is 1. The van der Waals surface area contributed by atoms with Gasteiger partial charge >= 0.3 is 5.97 Å². The number of benzene rings is 2. The second kappa shape index (κ2) is 12.1. The maximum absolute atomic E-state index is 13.5. The van der Waals surface area contributed by atoms with Crippen LogP contribution in [0.1, 0.15) is 50.7 Å². The molecule has 2 aromatic rings. The molecule has 1 fully saturated rings. The first-order valence-corrected chi connectivity index (χ1v) is 12.8. The highest BCUT2D eigenvalue weighted by Gasteiger charge is 2.37. The number of esters is 1. The van der Waals surface area contributed by atoms with Crippen LogP contribution in [0.4, 0.5) is 5.69 Å². The Balaban J connectivity index is 1.47. The van der Waals surface area contributed by atoms with Gasteiger partial charge in [0.1, 0.15) is 5.75 Å². The van der Waals surface area contributed by atoms with Gasteiger partial charge in [-0.25, -0.2) is 4.79 Å². The molecule has 2 aliphatic heterocycles. The number of rotatable bonds is 9. The maximum atomic E-state index is 13.5. The van der Waals surface area contributed by atoms with Crippen molar-refractivity contribution < 1.29 is 28.6 Å². The Morgan fingerprint density at radius 1 is 1.13 bits per heavy atom. The van der Waals surface area contributed by atoms with E-state index in [4.69, 9.17) is 14.2 Å². The second-order valence-electron chi connectivity index (χ2n) is 9.69. The summed E-state index contributed by atoms with van der Waals surface area (Å²) in [5, 5.41) is 2.82. The van der Waals surface area contributed by atoms with E-state index in [0.717, 1.165) is 25.0 Å². The molecule has 1 N–H and O–H groups in total. The molecule has 2 aliphatic rings. The number of carbonyl (C=O) groups is 3. The molecule has 4 rings (SSSR count). The average Bonchev–Trinajstić information content (AvgIpc) is 3.52. The molecule has 2 heterocycles. The van der Waals surface area contributed by atoms with Crippen molar-refractivity contribution in [1.29, 1.82) is 0 Å². The maximum Gasteiger partial charge on any atom is 0.340 e. The summed E-state index contributed by atoms with van der Waals surface area (Å²) in [5.74, 6) is -0.207. The van der Waals surface area contributed by atoms with Crippen LogP contribution in [0.15, 0.2) is 65.4 Å². The van der Waals surface area contributed by atoms with Gasteiger partial charge in [0, 0.05) is 24.5 Å². The minimum Gasteiger partial charge on any atom is -0.484 e. The van der Waals surface area contributed by atoms with Crippen molar-refractivity contribution in [1.82, 2.24) is 5.32 Å². The molecule has 0 unspecified atom stereocenters. The molecule has 0 bridgehead atoms. The summed E-state index contributed by atoms with van der Waals surface area (Å²) in [4.78, 5) is 39.8. The summed E-state index contributed by atoms with van der Waals surface area (Å²) in [7, 11) is 1.30. The third kappa shape index (κ3) is 6.14. The largest absolute Gasteiger partial charge is 0.484 e. The zero-order valence-corrected chi connectivity index (χ0v) is 22.3. The summed E-state index contributed by atoms with van der Waals surface area (Å²) in [6, 6.07) is 14.7. The van der Waals surface area contributed by atoms with Gasteiger partial charge in [-0.3, -0.25) is 14.5 Å². The van der Waals surface area contributed by atoms with E-state index in [2.05, 4.69) is 19.2 Å². The van der Waals surface area contributed by atoms with Crippen molar-refractivity contribution in [2.24, 2.45) is 0 Å². The number of anilines is 1. The van der Waals surface area contributed by atoms with Crippen LogP contribution in [0.3, 0.4) is 0 Å². The van der Waals surface area contributed by atoms with Gasteiger partial charge in [-0.05, 0) is 67.2 Å². The first-order valence-electron chi connectivity index (χ1n) is 12.8. The lowest BCUT2D eigenvalue weighted by Gasteiger charge is -2.19. The lowest BCUT2D eigenvalue weighted by atomic mass is 10.0. The fourth-order valence-corrected chi connectivity index (χ4v) is 4.56. The fraction of sp³-hybridized carbons (Fsp3) is 0.367. The van der Waals surface area contributed by atoms with Crippen LogP contribution in [-0.2, 0) is 23.9 Å². The summed E-state index contributed by atoms with van der Waals surface area (Å²) < 4.78 is 16.1. The number of ether oxygens (including phenoxy) is 3. The van der Waals surface area contributed by atoms with E-state index in [1.54, 1.807) is 37.3 Å². The van der Waals surface area contributed by atoms with Crippen molar-refractivity contribution in [2.75, 3.05) is 31.8 Å². The number of methoxy groups -OCH3 is 1. The summed E-state index contributed by atoms with van der Waals surface area (Å²) >= 11 is 0. The smallest absolute Gasteiger partial charge is 0.340 e. The lowest BCUT2D eigenvalue weighted by molar-refractivity contribution is -0.136. The summed E-state index contributed by atoms with van der Waals surface area (Å²) in [6.07, 6.45) is 3.71. The van der Waals surface area contributed by atoms with Gasteiger partial charge in [0.05, 0.1) is 24.4 Å². The molecule has 8 heteroatoms. The molecule has 8 nitrogen and oxygen atoms in total. The Morgan fingerprint density at radius 3 is 2.45 bits per heavy atom. The van der Waals surface area contributed by atoms with Gasteiger partial charge in [0.15, 0.2) is 6.61 Å². The Bertz CT molecular complexity index is 1240. The van der Waals surface area contributed by atoms with E-state index in [-0.39, 0.29) is 35.7 Å². The van der Waals surface area contributed by atoms with Crippen molar-refractivity contribution in [2.45, 2.75) is 45.6 Å². The first kappa shape index (κ1) is 27.1. The van der Waals surface area contributed by atoms with Crippen LogP contribution < -0.4 is 15.0 Å². The topological polar surface area (TPSA) is 94.2 Å². The third-order valence-corrected chi connectivity index (χ3v) is 6.72. The van der Waals surface area contributed by atoms with E-state index < -0.39 is 5.97 Å². The molecule has 200 valence electrons.